The van der Waals surface area contributed by atoms with Crippen molar-refractivity contribution in [2.24, 2.45) is 5.92 Å². The highest BCUT2D eigenvalue weighted by Crippen LogP contribution is 2.20. The first-order valence-electron chi connectivity index (χ1n) is 8.49. The number of nitrogens with zero attached hydrogens (tertiary/aromatic N) is 1. The zero-order valence-electron chi connectivity index (χ0n) is 14.8. The number of hydrogen-bond acceptors (Lipinski definition) is 2. The highest BCUT2D eigenvalue weighted by atomic mass is 15.1. The summed E-state index contributed by atoms with van der Waals surface area (Å²) in [7, 11) is 4.41. The van der Waals surface area contributed by atoms with E-state index in [1.165, 1.54) is 24.0 Å². The molecular weight excluding hydrogens is 256 g/mol. The molecule has 0 saturated heterocycles. The van der Waals surface area contributed by atoms with Crippen LogP contribution in [-0.4, -0.2) is 31.6 Å². The summed E-state index contributed by atoms with van der Waals surface area (Å²) < 4.78 is 0. The SMILES string of the molecule is CCC(NCC(C(CC)CC)N(C)C)c1ccc(C)cc1. The molecule has 0 aromatic heterocycles. The summed E-state index contributed by atoms with van der Waals surface area (Å²) in [6.07, 6.45) is 3.64. The van der Waals surface area contributed by atoms with Crippen LogP contribution in [0.4, 0.5) is 0 Å². The average Bonchev–Trinajstić information content (AvgIpc) is 2.48. The first-order valence-corrected chi connectivity index (χ1v) is 8.49. The third-order valence-electron chi connectivity index (χ3n) is 4.72. The Labute approximate surface area is 131 Å². The van der Waals surface area contributed by atoms with Crippen LogP contribution in [0.15, 0.2) is 24.3 Å². The van der Waals surface area contributed by atoms with Gasteiger partial charge in [-0.25, -0.2) is 0 Å². The maximum Gasteiger partial charge on any atom is 0.0318 e. The fourth-order valence-electron chi connectivity index (χ4n) is 3.16. The minimum atomic E-state index is 0.461. The molecule has 2 atom stereocenters. The molecule has 0 saturated carbocycles. The maximum absolute atomic E-state index is 3.79. The molecule has 2 nitrogen and oxygen atoms in total. The van der Waals surface area contributed by atoms with Crippen molar-refractivity contribution in [3.8, 4) is 0 Å². The lowest BCUT2D eigenvalue weighted by atomic mass is 9.92. The van der Waals surface area contributed by atoms with Crippen LogP contribution in [-0.2, 0) is 0 Å². The van der Waals surface area contributed by atoms with Gasteiger partial charge in [0.1, 0.15) is 0 Å². The molecule has 0 amide bonds. The summed E-state index contributed by atoms with van der Waals surface area (Å²) in [5, 5.41) is 3.79. The molecule has 1 aromatic carbocycles. The van der Waals surface area contributed by atoms with Gasteiger partial charge in [0.15, 0.2) is 0 Å². The Hall–Kier alpha value is -0.860. The summed E-state index contributed by atoms with van der Waals surface area (Å²) in [6.45, 7) is 10.1. The van der Waals surface area contributed by atoms with Crippen molar-refractivity contribution < 1.29 is 0 Å². The second kappa shape index (κ2) is 9.22. The van der Waals surface area contributed by atoms with Gasteiger partial charge in [0.05, 0.1) is 0 Å². The van der Waals surface area contributed by atoms with Crippen LogP contribution in [0, 0.1) is 12.8 Å². The molecule has 0 radical (unpaired) electrons. The van der Waals surface area contributed by atoms with Gasteiger partial charge in [-0.15, -0.1) is 0 Å². The topological polar surface area (TPSA) is 15.3 Å². The maximum atomic E-state index is 3.79. The van der Waals surface area contributed by atoms with Crippen molar-refractivity contribution in [2.75, 3.05) is 20.6 Å². The summed E-state index contributed by atoms with van der Waals surface area (Å²) in [6, 6.07) is 10.0. The largest absolute Gasteiger partial charge is 0.308 e. The van der Waals surface area contributed by atoms with Crippen LogP contribution in [0.1, 0.15) is 57.2 Å². The van der Waals surface area contributed by atoms with E-state index >= 15 is 0 Å². The summed E-state index contributed by atoms with van der Waals surface area (Å²) in [5.74, 6) is 0.767. The van der Waals surface area contributed by atoms with Crippen LogP contribution in [0.2, 0.25) is 0 Å². The lowest BCUT2D eigenvalue weighted by Crippen LogP contribution is -2.43. The lowest BCUT2D eigenvalue weighted by Gasteiger charge is -2.33. The van der Waals surface area contributed by atoms with Crippen LogP contribution >= 0.6 is 0 Å². The van der Waals surface area contributed by atoms with Gasteiger partial charge in [0.25, 0.3) is 0 Å². The normalized spacial score (nSPS) is 14.7. The monoisotopic (exact) mass is 290 g/mol. The summed E-state index contributed by atoms with van der Waals surface area (Å²) in [5.41, 5.74) is 2.74. The number of nitrogens with one attached hydrogen (secondary N) is 1. The predicted molar refractivity (Wildman–Crippen MR) is 93.8 cm³/mol. The molecular formula is C19H34N2. The molecule has 2 unspecified atom stereocenters. The van der Waals surface area contributed by atoms with Gasteiger partial charge in [0.2, 0.25) is 0 Å². The van der Waals surface area contributed by atoms with E-state index in [0.717, 1.165) is 18.9 Å². The number of likely N-dealkylation sites (N-methyl/N-ethyl adjacent to an activating group) is 1. The molecule has 21 heavy (non-hydrogen) atoms. The van der Waals surface area contributed by atoms with Gasteiger partial charge in [-0.05, 0) is 38.9 Å². The highest BCUT2D eigenvalue weighted by Gasteiger charge is 2.21. The Bertz CT molecular complexity index is 379. The minimum absolute atomic E-state index is 0.461. The molecule has 2 heteroatoms. The van der Waals surface area contributed by atoms with E-state index in [9.17, 15) is 0 Å². The van der Waals surface area contributed by atoms with Crippen molar-refractivity contribution in [1.29, 1.82) is 0 Å². The van der Waals surface area contributed by atoms with Gasteiger partial charge in [0, 0.05) is 18.6 Å². The fraction of sp³-hybridized carbons (Fsp3) is 0.684. The first kappa shape index (κ1) is 18.2. The van der Waals surface area contributed by atoms with Crippen molar-refractivity contribution in [3.05, 3.63) is 35.4 Å². The van der Waals surface area contributed by atoms with Crippen LogP contribution in [0.3, 0.4) is 0 Å². The number of benzene rings is 1. The standard InChI is InChI=1S/C19H34N2/c1-7-16(8-2)19(21(5)6)14-20-18(9-3)17-12-10-15(4)11-13-17/h10-13,16,18-20H,7-9,14H2,1-6H3. The Balaban J connectivity index is 2.69. The van der Waals surface area contributed by atoms with E-state index in [1.54, 1.807) is 0 Å². The summed E-state index contributed by atoms with van der Waals surface area (Å²) >= 11 is 0. The van der Waals surface area contributed by atoms with Gasteiger partial charge in [-0.2, -0.15) is 0 Å². The summed E-state index contributed by atoms with van der Waals surface area (Å²) in [4.78, 5) is 2.38. The van der Waals surface area contributed by atoms with E-state index in [2.05, 4.69) is 76.3 Å². The van der Waals surface area contributed by atoms with Crippen molar-refractivity contribution in [3.63, 3.8) is 0 Å². The van der Waals surface area contributed by atoms with E-state index in [1.807, 2.05) is 0 Å². The Morgan fingerprint density at radius 2 is 1.52 bits per heavy atom. The molecule has 0 fully saturated rings. The van der Waals surface area contributed by atoms with Gasteiger partial charge < -0.3 is 10.2 Å². The van der Waals surface area contributed by atoms with E-state index in [-0.39, 0.29) is 0 Å². The van der Waals surface area contributed by atoms with Crippen LogP contribution < -0.4 is 5.32 Å². The number of aryl methyl sites for hydroxylation is 1. The molecule has 0 aliphatic carbocycles. The third-order valence-corrected chi connectivity index (χ3v) is 4.72. The Morgan fingerprint density at radius 3 is 1.95 bits per heavy atom. The average molecular weight is 290 g/mol. The van der Waals surface area contributed by atoms with Crippen molar-refractivity contribution in [1.82, 2.24) is 10.2 Å². The zero-order chi connectivity index (χ0) is 15.8. The zero-order valence-corrected chi connectivity index (χ0v) is 14.8. The fourth-order valence-corrected chi connectivity index (χ4v) is 3.16. The van der Waals surface area contributed by atoms with Crippen LogP contribution in [0.5, 0.6) is 0 Å². The molecule has 1 rings (SSSR count). The van der Waals surface area contributed by atoms with Gasteiger partial charge >= 0.3 is 0 Å². The van der Waals surface area contributed by atoms with Gasteiger partial charge in [-0.1, -0.05) is 63.4 Å². The predicted octanol–water partition coefficient (Wildman–Crippen LogP) is 4.40. The van der Waals surface area contributed by atoms with Crippen molar-refractivity contribution >= 4 is 0 Å². The molecule has 0 aliphatic heterocycles. The smallest absolute Gasteiger partial charge is 0.0318 e. The third kappa shape index (κ3) is 5.44. The number of hydrogen-bond donors (Lipinski definition) is 1. The Kier molecular flexibility index (Phi) is 7.98. The number of rotatable bonds is 9. The second-order valence-electron chi connectivity index (χ2n) is 6.39. The first-order chi connectivity index (χ1) is 10.0. The lowest BCUT2D eigenvalue weighted by molar-refractivity contribution is 0.189. The molecule has 0 aliphatic rings. The van der Waals surface area contributed by atoms with E-state index in [4.69, 9.17) is 0 Å². The molecule has 0 spiro atoms. The quantitative estimate of drug-likeness (QED) is 0.725. The van der Waals surface area contributed by atoms with Gasteiger partial charge in [-0.3, -0.25) is 0 Å². The van der Waals surface area contributed by atoms with E-state index < -0.39 is 0 Å². The molecule has 1 N–H and O–H groups in total. The second-order valence-corrected chi connectivity index (χ2v) is 6.39. The highest BCUT2D eigenvalue weighted by molar-refractivity contribution is 5.24. The molecule has 1 aromatic rings. The van der Waals surface area contributed by atoms with Crippen LogP contribution in [0.25, 0.3) is 0 Å². The Morgan fingerprint density at radius 1 is 0.952 bits per heavy atom. The molecule has 120 valence electrons. The molecule has 0 bridgehead atoms. The minimum Gasteiger partial charge on any atom is -0.308 e. The van der Waals surface area contributed by atoms with E-state index in [0.29, 0.717) is 12.1 Å². The molecule has 0 heterocycles. The van der Waals surface area contributed by atoms with Crippen molar-refractivity contribution in [2.45, 2.75) is 59.0 Å².